The summed E-state index contributed by atoms with van der Waals surface area (Å²) in [6.45, 7) is 3.92. The van der Waals surface area contributed by atoms with Gasteiger partial charge in [0.05, 0.1) is 16.8 Å². The lowest BCUT2D eigenvalue weighted by Gasteiger charge is -2.10. The minimum atomic E-state index is -0.0320. The Bertz CT molecular complexity index is 1130. The molecule has 1 heterocycles. The Kier molecular flexibility index (Phi) is 5.09. The van der Waals surface area contributed by atoms with E-state index in [2.05, 4.69) is 17.3 Å². The van der Waals surface area contributed by atoms with Crippen LogP contribution in [0.1, 0.15) is 22.4 Å². The van der Waals surface area contributed by atoms with E-state index in [9.17, 15) is 10.2 Å². The zero-order chi connectivity index (χ0) is 20.4. The maximum Gasteiger partial charge on any atom is 0.178 e. The van der Waals surface area contributed by atoms with Gasteiger partial charge < -0.3 is 14.7 Å². The molecule has 0 aliphatic carbocycles. The summed E-state index contributed by atoms with van der Waals surface area (Å²) in [6, 6.07) is 21.4. The van der Waals surface area contributed by atoms with Crippen molar-refractivity contribution in [3.63, 3.8) is 0 Å². The van der Waals surface area contributed by atoms with Crippen molar-refractivity contribution in [2.75, 3.05) is 0 Å². The smallest absolute Gasteiger partial charge is 0.178 e. The van der Waals surface area contributed by atoms with Crippen LogP contribution in [0.15, 0.2) is 71.3 Å². The van der Waals surface area contributed by atoms with E-state index in [1.54, 1.807) is 6.07 Å². The van der Waals surface area contributed by atoms with Crippen molar-refractivity contribution in [1.82, 2.24) is 5.16 Å². The molecule has 0 aliphatic heterocycles. The number of hydrogen-bond acceptors (Lipinski definition) is 4. The van der Waals surface area contributed by atoms with Gasteiger partial charge in [-0.1, -0.05) is 65.3 Å². The summed E-state index contributed by atoms with van der Waals surface area (Å²) >= 11 is 0. The Morgan fingerprint density at radius 2 is 1.55 bits per heavy atom. The van der Waals surface area contributed by atoms with Crippen molar-refractivity contribution >= 4 is 0 Å². The number of rotatable bonds is 5. The van der Waals surface area contributed by atoms with Crippen LogP contribution in [0.3, 0.4) is 0 Å². The summed E-state index contributed by atoms with van der Waals surface area (Å²) in [7, 11) is 0. The number of benzene rings is 3. The Morgan fingerprint density at radius 1 is 0.828 bits per heavy atom. The second-order valence-corrected chi connectivity index (χ2v) is 7.32. The van der Waals surface area contributed by atoms with Crippen molar-refractivity contribution in [2.24, 2.45) is 0 Å². The largest absolute Gasteiger partial charge is 0.508 e. The molecule has 0 aliphatic rings. The number of phenols is 2. The van der Waals surface area contributed by atoms with Crippen LogP contribution in [-0.2, 0) is 12.8 Å². The summed E-state index contributed by atoms with van der Waals surface area (Å²) < 4.78 is 5.61. The van der Waals surface area contributed by atoms with E-state index >= 15 is 0 Å². The van der Waals surface area contributed by atoms with Gasteiger partial charge in [-0.05, 0) is 49.4 Å². The second kappa shape index (κ2) is 7.84. The zero-order valence-electron chi connectivity index (χ0n) is 16.5. The lowest BCUT2D eigenvalue weighted by atomic mass is 9.95. The molecule has 0 fully saturated rings. The van der Waals surface area contributed by atoms with Gasteiger partial charge >= 0.3 is 0 Å². The number of phenolic OH excluding ortho intramolecular Hbond substituents is 2. The van der Waals surface area contributed by atoms with Gasteiger partial charge in [0.2, 0.25) is 0 Å². The van der Waals surface area contributed by atoms with E-state index < -0.39 is 0 Å². The summed E-state index contributed by atoms with van der Waals surface area (Å²) in [4.78, 5) is 0. The average Bonchev–Trinajstić information content (AvgIpc) is 3.10. The third-order valence-electron chi connectivity index (χ3n) is 5.17. The molecule has 0 atom stereocenters. The highest BCUT2D eigenvalue weighted by Crippen LogP contribution is 2.41. The first-order valence-electron chi connectivity index (χ1n) is 9.65. The van der Waals surface area contributed by atoms with Crippen LogP contribution in [0.4, 0.5) is 0 Å². The van der Waals surface area contributed by atoms with Gasteiger partial charge in [0, 0.05) is 6.07 Å². The number of aromatic nitrogens is 1. The monoisotopic (exact) mass is 385 g/mol. The normalized spacial score (nSPS) is 11.0. The van der Waals surface area contributed by atoms with Crippen LogP contribution in [-0.4, -0.2) is 15.4 Å². The Morgan fingerprint density at radius 3 is 2.28 bits per heavy atom. The average molecular weight is 385 g/mol. The van der Waals surface area contributed by atoms with Crippen LogP contribution in [0.5, 0.6) is 11.5 Å². The molecule has 0 amide bonds. The van der Waals surface area contributed by atoms with E-state index in [1.165, 1.54) is 17.2 Å². The quantitative estimate of drug-likeness (QED) is 0.454. The lowest BCUT2D eigenvalue weighted by Crippen LogP contribution is -1.93. The molecule has 4 rings (SSSR count). The van der Waals surface area contributed by atoms with Crippen LogP contribution < -0.4 is 0 Å². The van der Waals surface area contributed by atoms with Gasteiger partial charge in [0.25, 0.3) is 0 Å². The molecule has 2 N–H and O–H groups in total. The second-order valence-electron chi connectivity index (χ2n) is 7.32. The topological polar surface area (TPSA) is 66.5 Å². The summed E-state index contributed by atoms with van der Waals surface area (Å²) in [5.74, 6) is 0.551. The number of hydrogen-bond donors (Lipinski definition) is 2. The molecule has 146 valence electrons. The van der Waals surface area contributed by atoms with Crippen molar-refractivity contribution in [2.45, 2.75) is 26.7 Å². The van der Waals surface area contributed by atoms with E-state index in [-0.39, 0.29) is 11.5 Å². The standard InChI is InChI=1S/C25H23NO3/c1-16-8-11-19(12-9-16)24-17(2)26-29-25(24)21-14-20(22(27)15-23(21)28)13-10-18-6-4-3-5-7-18/h3-9,11-12,14-15,27-28H,10,13H2,1-2H3. The molecule has 0 bridgehead atoms. The third-order valence-corrected chi connectivity index (χ3v) is 5.17. The van der Waals surface area contributed by atoms with E-state index in [4.69, 9.17) is 4.52 Å². The van der Waals surface area contributed by atoms with E-state index in [1.807, 2.05) is 56.3 Å². The molecule has 0 radical (unpaired) electrons. The SMILES string of the molecule is Cc1ccc(-c2c(C)noc2-c2cc(CCc3ccccc3)c(O)cc2O)cc1. The first-order chi connectivity index (χ1) is 14.0. The van der Waals surface area contributed by atoms with Gasteiger partial charge in [-0.25, -0.2) is 0 Å². The molecule has 0 spiro atoms. The minimum Gasteiger partial charge on any atom is -0.508 e. The zero-order valence-corrected chi connectivity index (χ0v) is 16.5. The third kappa shape index (κ3) is 3.87. The number of aromatic hydroxyl groups is 2. The Labute approximate surface area is 170 Å². The minimum absolute atomic E-state index is 0.0320. The van der Waals surface area contributed by atoms with Gasteiger partial charge in [0.15, 0.2) is 5.76 Å². The van der Waals surface area contributed by atoms with E-state index in [0.29, 0.717) is 17.7 Å². The first-order valence-corrected chi connectivity index (χ1v) is 9.65. The highest BCUT2D eigenvalue weighted by Gasteiger charge is 2.21. The fraction of sp³-hybridized carbons (Fsp3) is 0.160. The highest BCUT2D eigenvalue weighted by atomic mass is 16.5. The molecular formula is C25H23NO3. The molecule has 4 heteroatoms. The van der Waals surface area contributed by atoms with Gasteiger partial charge in [-0.2, -0.15) is 0 Å². The molecule has 4 aromatic rings. The molecule has 3 aromatic carbocycles. The summed E-state index contributed by atoms with van der Waals surface area (Å²) in [5, 5.41) is 25.0. The van der Waals surface area contributed by atoms with Crippen molar-refractivity contribution in [3.05, 3.63) is 89.1 Å². The van der Waals surface area contributed by atoms with Crippen LogP contribution in [0.25, 0.3) is 22.5 Å². The van der Waals surface area contributed by atoms with Gasteiger partial charge in [0.1, 0.15) is 11.5 Å². The van der Waals surface area contributed by atoms with Gasteiger partial charge in [-0.15, -0.1) is 0 Å². The van der Waals surface area contributed by atoms with Crippen molar-refractivity contribution in [3.8, 4) is 33.9 Å². The molecule has 0 unspecified atom stereocenters. The predicted molar refractivity (Wildman–Crippen MR) is 114 cm³/mol. The van der Waals surface area contributed by atoms with Crippen LogP contribution >= 0.6 is 0 Å². The molecule has 0 saturated heterocycles. The Hall–Kier alpha value is -3.53. The lowest BCUT2D eigenvalue weighted by molar-refractivity contribution is 0.419. The summed E-state index contributed by atoms with van der Waals surface area (Å²) in [6.07, 6.45) is 1.44. The fourth-order valence-electron chi connectivity index (χ4n) is 3.54. The summed E-state index contributed by atoms with van der Waals surface area (Å²) in [5.41, 5.74) is 6.22. The molecule has 29 heavy (non-hydrogen) atoms. The van der Waals surface area contributed by atoms with Crippen LogP contribution in [0, 0.1) is 13.8 Å². The van der Waals surface area contributed by atoms with Crippen LogP contribution in [0.2, 0.25) is 0 Å². The Balaban J connectivity index is 1.73. The maximum absolute atomic E-state index is 10.5. The highest BCUT2D eigenvalue weighted by molar-refractivity contribution is 5.84. The molecule has 1 aromatic heterocycles. The predicted octanol–water partition coefficient (Wildman–Crippen LogP) is 5.82. The number of nitrogens with zero attached hydrogens (tertiary/aromatic N) is 1. The van der Waals surface area contributed by atoms with Gasteiger partial charge in [-0.3, -0.25) is 0 Å². The van der Waals surface area contributed by atoms with E-state index in [0.717, 1.165) is 28.8 Å². The molecule has 4 nitrogen and oxygen atoms in total. The molecule has 0 saturated carbocycles. The van der Waals surface area contributed by atoms with Crippen molar-refractivity contribution in [1.29, 1.82) is 0 Å². The number of aryl methyl sites for hydroxylation is 4. The maximum atomic E-state index is 10.5. The molecular weight excluding hydrogens is 362 g/mol. The first kappa shape index (κ1) is 18.8. The fourth-order valence-corrected chi connectivity index (χ4v) is 3.54. The van der Waals surface area contributed by atoms with Crippen molar-refractivity contribution < 1.29 is 14.7 Å².